The lowest BCUT2D eigenvalue weighted by Gasteiger charge is -2.37. The summed E-state index contributed by atoms with van der Waals surface area (Å²) < 4.78 is 12.3. The molecule has 0 spiro atoms. The molecular weight excluding hydrogens is 570 g/mol. The van der Waals surface area contributed by atoms with Crippen LogP contribution in [0.2, 0.25) is 0 Å². The van der Waals surface area contributed by atoms with E-state index in [1.54, 1.807) is 12.1 Å². The van der Waals surface area contributed by atoms with E-state index >= 15 is 0 Å². The molecule has 204 valence electrons. The number of Topliss-reactive ketones (excluding diaryl/α,β-unsaturated/α-hetero) is 2. The van der Waals surface area contributed by atoms with E-state index in [9.17, 15) is 30.0 Å². The summed E-state index contributed by atoms with van der Waals surface area (Å²) in [6.45, 7) is 2.30. The summed E-state index contributed by atoms with van der Waals surface area (Å²) in [7, 11) is 3.31. The van der Waals surface area contributed by atoms with Crippen LogP contribution in [0.3, 0.4) is 0 Å². The first-order valence-electron chi connectivity index (χ1n) is 12.9. The van der Waals surface area contributed by atoms with Gasteiger partial charge in [0.15, 0.2) is 23.1 Å². The van der Waals surface area contributed by atoms with Gasteiger partial charge in [-0.25, -0.2) is 0 Å². The average Bonchev–Trinajstić information content (AvgIpc) is 2.91. The number of benzene rings is 2. The molecule has 6 rings (SSSR count). The van der Waals surface area contributed by atoms with E-state index in [1.807, 2.05) is 18.9 Å². The quantitative estimate of drug-likeness (QED) is 0.420. The molecule has 2 aromatic rings. The Morgan fingerprint density at radius 1 is 1.18 bits per heavy atom. The van der Waals surface area contributed by atoms with Crippen molar-refractivity contribution in [2.24, 2.45) is 0 Å². The number of likely N-dealkylation sites (N-methyl/N-ethyl adjacent to an activating group) is 1. The highest BCUT2D eigenvalue weighted by atomic mass is 79.9. The zero-order chi connectivity index (χ0) is 27.9. The van der Waals surface area contributed by atoms with Crippen molar-refractivity contribution in [1.82, 2.24) is 4.90 Å². The zero-order valence-corrected chi connectivity index (χ0v) is 23.3. The van der Waals surface area contributed by atoms with Crippen molar-refractivity contribution in [2.45, 2.75) is 50.9 Å². The molecule has 39 heavy (non-hydrogen) atoms. The van der Waals surface area contributed by atoms with Gasteiger partial charge >= 0.3 is 0 Å². The van der Waals surface area contributed by atoms with Gasteiger partial charge in [-0.3, -0.25) is 9.59 Å². The number of aliphatic hydroxyl groups excluding tert-OH is 3. The highest BCUT2D eigenvalue weighted by Crippen LogP contribution is 2.53. The maximum absolute atomic E-state index is 14.1. The SMILES string of the molecule is CCCC1=C(Br)C2=C(CN1C)C(=O)c1c(ccc3c(OC)c4c(c(O)c13)CC1=C(O4)C(O)CC(O)C1O)C2=O. The molecule has 0 bridgehead atoms. The number of carbonyl (C=O) groups excluding carboxylic acids is 2. The molecule has 0 aromatic heterocycles. The zero-order valence-electron chi connectivity index (χ0n) is 21.7. The van der Waals surface area contributed by atoms with Gasteiger partial charge in [-0.2, -0.15) is 0 Å². The van der Waals surface area contributed by atoms with Gasteiger partial charge in [0.1, 0.15) is 23.7 Å². The second-order valence-electron chi connectivity index (χ2n) is 10.4. The largest absolute Gasteiger partial charge is 0.507 e. The third-order valence-electron chi connectivity index (χ3n) is 8.13. The van der Waals surface area contributed by atoms with E-state index in [1.165, 1.54) is 7.11 Å². The van der Waals surface area contributed by atoms with Crippen molar-refractivity contribution < 1.29 is 39.5 Å². The molecule has 2 aliphatic heterocycles. The second kappa shape index (κ2) is 9.19. The van der Waals surface area contributed by atoms with Gasteiger partial charge < -0.3 is 34.8 Å². The smallest absolute Gasteiger partial charge is 0.195 e. The third kappa shape index (κ3) is 3.55. The number of hydrogen-bond acceptors (Lipinski definition) is 9. The third-order valence-corrected chi connectivity index (χ3v) is 8.99. The standard InChI is InChI=1S/C29H28BrNO8/c1-4-5-16-22(30)21-15(10-31(16)2)26(37)19-11(24(21)35)6-7-12-20(19)25(36)14-8-13-23(34)17(32)9-18(33)27(13)39-29(14)28(12)38-3/h6-7,17-18,23,32-34,36H,4-5,8-10H2,1-3H3. The second-order valence-corrected chi connectivity index (χ2v) is 11.2. The fourth-order valence-corrected chi connectivity index (χ4v) is 7.16. The van der Waals surface area contributed by atoms with Crippen LogP contribution < -0.4 is 9.47 Å². The molecule has 0 radical (unpaired) electrons. The number of halogens is 1. The molecule has 4 aliphatic rings. The highest BCUT2D eigenvalue weighted by molar-refractivity contribution is 9.12. The predicted molar refractivity (Wildman–Crippen MR) is 145 cm³/mol. The van der Waals surface area contributed by atoms with Crippen LogP contribution in [0.15, 0.2) is 44.8 Å². The predicted octanol–water partition coefficient (Wildman–Crippen LogP) is 3.26. The summed E-state index contributed by atoms with van der Waals surface area (Å²) in [5.74, 6) is -0.441. The maximum atomic E-state index is 14.1. The lowest BCUT2D eigenvalue weighted by atomic mass is 9.78. The first kappa shape index (κ1) is 26.1. The van der Waals surface area contributed by atoms with E-state index in [0.717, 1.165) is 18.5 Å². The number of ether oxygens (including phenoxy) is 2. The summed E-state index contributed by atoms with van der Waals surface area (Å²) in [6, 6.07) is 3.18. The molecule has 0 fully saturated rings. The van der Waals surface area contributed by atoms with Gasteiger partial charge in [0.05, 0.1) is 13.2 Å². The Labute approximate surface area is 232 Å². The summed E-state index contributed by atoms with van der Waals surface area (Å²) in [5.41, 5.74) is 2.40. The molecule has 0 saturated heterocycles. The minimum absolute atomic E-state index is 0.0464. The number of methoxy groups -OCH3 is 1. The van der Waals surface area contributed by atoms with Gasteiger partial charge in [0.25, 0.3) is 0 Å². The van der Waals surface area contributed by atoms with E-state index < -0.39 is 18.3 Å². The van der Waals surface area contributed by atoms with Gasteiger partial charge in [0.2, 0.25) is 0 Å². The Morgan fingerprint density at radius 2 is 1.92 bits per heavy atom. The number of rotatable bonds is 3. The Morgan fingerprint density at radius 3 is 2.62 bits per heavy atom. The van der Waals surface area contributed by atoms with Gasteiger partial charge in [-0.05, 0) is 34.5 Å². The van der Waals surface area contributed by atoms with Crippen LogP contribution in [0.4, 0.5) is 0 Å². The van der Waals surface area contributed by atoms with E-state index in [2.05, 4.69) is 15.9 Å². The first-order chi connectivity index (χ1) is 18.6. The van der Waals surface area contributed by atoms with Crippen LogP contribution in [-0.4, -0.2) is 75.9 Å². The van der Waals surface area contributed by atoms with Crippen LogP contribution in [0.25, 0.3) is 10.8 Å². The van der Waals surface area contributed by atoms with Crippen molar-refractivity contribution in [3.63, 3.8) is 0 Å². The molecule has 2 heterocycles. The normalized spacial score (nSPS) is 24.5. The molecule has 0 saturated carbocycles. The molecule has 4 N–H and O–H groups in total. The van der Waals surface area contributed by atoms with E-state index in [-0.39, 0.29) is 81.6 Å². The lowest BCUT2D eigenvalue weighted by Crippen LogP contribution is -2.42. The van der Waals surface area contributed by atoms with Crippen molar-refractivity contribution in [1.29, 1.82) is 0 Å². The summed E-state index contributed by atoms with van der Waals surface area (Å²) >= 11 is 3.59. The number of nitrogens with zero attached hydrogens (tertiary/aromatic N) is 1. The number of aliphatic hydroxyl groups is 3. The van der Waals surface area contributed by atoms with Crippen LogP contribution in [0.1, 0.15) is 52.5 Å². The monoisotopic (exact) mass is 597 g/mol. The molecule has 9 nitrogen and oxygen atoms in total. The number of allylic oxidation sites excluding steroid dienone is 3. The van der Waals surface area contributed by atoms with Gasteiger partial charge in [0, 0.05) is 80.8 Å². The summed E-state index contributed by atoms with van der Waals surface area (Å²) in [6.07, 6.45) is -2.16. The molecule has 10 heteroatoms. The van der Waals surface area contributed by atoms with Crippen molar-refractivity contribution in [3.8, 4) is 17.2 Å². The summed E-state index contributed by atoms with van der Waals surface area (Å²) in [5, 5.41) is 43.5. The van der Waals surface area contributed by atoms with E-state index in [4.69, 9.17) is 9.47 Å². The number of aromatic hydroxyl groups is 1. The first-order valence-corrected chi connectivity index (χ1v) is 13.7. The number of phenols is 1. The minimum atomic E-state index is -1.29. The number of hydrogen-bond donors (Lipinski definition) is 4. The number of ketones is 2. The minimum Gasteiger partial charge on any atom is -0.507 e. The average molecular weight is 598 g/mol. The lowest BCUT2D eigenvalue weighted by molar-refractivity contribution is -0.0165. The maximum Gasteiger partial charge on any atom is 0.195 e. The molecular formula is C29H28BrNO8. The fraction of sp³-hybridized carbons (Fsp3) is 0.379. The highest BCUT2D eigenvalue weighted by Gasteiger charge is 2.43. The number of phenolic OH excluding ortho intramolecular Hbond substituents is 1. The Kier molecular flexibility index (Phi) is 6.14. The van der Waals surface area contributed by atoms with Crippen LogP contribution in [-0.2, 0) is 6.42 Å². The molecule has 3 atom stereocenters. The molecule has 2 aliphatic carbocycles. The topological polar surface area (TPSA) is 137 Å². The Hall–Kier alpha value is -3.18. The fourth-order valence-electron chi connectivity index (χ4n) is 6.24. The van der Waals surface area contributed by atoms with Gasteiger partial charge in [-0.15, -0.1) is 0 Å². The van der Waals surface area contributed by atoms with Crippen molar-refractivity contribution >= 4 is 38.3 Å². The van der Waals surface area contributed by atoms with Crippen LogP contribution in [0.5, 0.6) is 17.2 Å². The van der Waals surface area contributed by atoms with Crippen LogP contribution >= 0.6 is 15.9 Å². The van der Waals surface area contributed by atoms with Gasteiger partial charge in [-0.1, -0.05) is 13.3 Å². The van der Waals surface area contributed by atoms with Crippen molar-refractivity contribution in [2.75, 3.05) is 20.7 Å². The molecule has 0 amide bonds. The molecule has 3 unspecified atom stereocenters. The Balaban J connectivity index is 1.59. The number of carbonyl (C=O) groups is 2. The van der Waals surface area contributed by atoms with E-state index in [0.29, 0.717) is 21.0 Å². The molecule has 2 aromatic carbocycles. The Bertz CT molecular complexity index is 1590. The number of fused-ring (bicyclic) bond motifs is 4. The van der Waals surface area contributed by atoms with Crippen molar-refractivity contribution in [3.05, 3.63) is 61.5 Å². The summed E-state index contributed by atoms with van der Waals surface area (Å²) in [4.78, 5) is 29.9. The van der Waals surface area contributed by atoms with Crippen LogP contribution in [0, 0.1) is 0 Å².